The number of hydrogen-bond donors (Lipinski definition) is 1. The number of halogens is 3. The van der Waals surface area contributed by atoms with Crippen molar-refractivity contribution in [2.75, 3.05) is 19.6 Å². The monoisotopic (exact) mass is 327 g/mol. The lowest BCUT2D eigenvalue weighted by molar-refractivity contribution is -0.137. The number of amides is 1. The third kappa shape index (κ3) is 6.02. The molecule has 1 aromatic rings. The van der Waals surface area contributed by atoms with E-state index in [2.05, 4.69) is 15.4 Å². The Hall–Kier alpha value is -1.89. The van der Waals surface area contributed by atoms with E-state index in [1.807, 2.05) is 0 Å². The van der Waals surface area contributed by atoms with Crippen LogP contribution in [-0.4, -0.2) is 36.7 Å². The predicted molar refractivity (Wildman–Crippen MR) is 82.1 cm³/mol. The first kappa shape index (κ1) is 17.5. The van der Waals surface area contributed by atoms with Gasteiger partial charge in [-0.15, -0.1) is 0 Å². The van der Waals surface area contributed by atoms with Crippen molar-refractivity contribution in [3.63, 3.8) is 0 Å². The minimum atomic E-state index is -4.39. The molecule has 1 aliphatic heterocycles. The van der Waals surface area contributed by atoms with Crippen molar-refractivity contribution in [3.05, 3.63) is 35.4 Å². The van der Waals surface area contributed by atoms with Crippen LogP contribution in [0.1, 0.15) is 36.8 Å². The zero-order chi connectivity index (χ0) is 16.7. The standard InChI is InChI=1S/C16H20F3N3O/c17-16(18,19)14-7-5-6-13(10-14)11-20-21-15(23)12-22-8-3-1-2-4-9-22/h5-7,10-11H,1-4,8-9,12H2,(H,21,23)/b20-11-. The lowest BCUT2D eigenvalue weighted by Gasteiger charge is -2.17. The summed E-state index contributed by atoms with van der Waals surface area (Å²) in [6.45, 7) is 2.05. The summed E-state index contributed by atoms with van der Waals surface area (Å²) in [5, 5.41) is 3.74. The normalized spacial score (nSPS) is 17.2. The lowest BCUT2D eigenvalue weighted by Crippen LogP contribution is -2.35. The van der Waals surface area contributed by atoms with Crippen molar-refractivity contribution >= 4 is 12.1 Å². The van der Waals surface area contributed by atoms with E-state index in [1.165, 1.54) is 31.2 Å². The highest BCUT2D eigenvalue weighted by Gasteiger charge is 2.30. The Morgan fingerprint density at radius 3 is 2.57 bits per heavy atom. The maximum absolute atomic E-state index is 12.6. The summed E-state index contributed by atoms with van der Waals surface area (Å²) >= 11 is 0. The number of nitrogens with one attached hydrogen (secondary N) is 1. The van der Waals surface area contributed by atoms with E-state index >= 15 is 0 Å². The highest BCUT2D eigenvalue weighted by Crippen LogP contribution is 2.29. The molecule has 1 aliphatic rings. The van der Waals surface area contributed by atoms with E-state index in [-0.39, 0.29) is 18.0 Å². The van der Waals surface area contributed by atoms with Gasteiger partial charge in [0.25, 0.3) is 5.91 Å². The summed E-state index contributed by atoms with van der Waals surface area (Å²) in [5.74, 6) is -0.255. The van der Waals surface area contributed by atoms with Gasteiger partial charge >= 0.3 is 6.18 Å². The number of hydrazone groups is 1. The van der Waals surface area contributed by atoms with Gasteiger partial charge in [0.1, 0.15) is 0 Å². The molecule has 0 bridgehead atoms. The third-order valence-corrected chi connectivity index (χ3v) is 3.68. The molecule has 4 nitrogen and oxygen atoms in total. The van der Waals surface area contributed by atoms with Crippen LogP contribution in [0, 0.1) is 0 Å². The fourth-order valence-corrected chi connectivity index (χ4v) is 2.51. The fourth-order valence-electron chi connectivity index (χ4n) is 2.51. The smallest absolute Gasteiger partial charge is 0.294 e. The molecule has 2 rings (SSSR count). The Kier molecular flexibility index (Phi) is 6.15. The topological polar surface area (TPSA) is 44.7 Å². The van der Waals surface area contributed by atoms with Crippen molar-refractivity contribution in [2.45, 2.75) is 31.9 Å². The zero-order valence-electron chi connectivity index (χ0n) is 12.8. The number of rotatable bonds is 4. The fraction of sp³-hybridized carbons (Fsp3) is 0.500. The van der Waals surface area contributed by atoms with E-state index in [4.69, 9.17) is 0 Å². The SMILES string of the molecule is O=C(CN1CCCCCC1)N/N=C\c1cccc(C(F)(F)F)c1. The Labute approximate surface area is 133 Å². The molecule has 1 amide bonds. The largest absolute Gasteiger partial charge is 0.416 e. The van der Waals surface area contributed by atoms with Crippen molar-refractivity contribution in [3.8, 4) is 0 Å². The van der Waals surface area contributed by atoms with Crippen molar-refractivity contribution in [1.29, 1.82) is 0 Å². The first-order chi connectivity index (χ1) is 10.9. The van der Waals surface area contributed by atoms with Crippen LogP contribution in [0.2, 0.25) is 0 Å². The number of alkyl halides is 3. The maximum Gasteiger partial charge on any atom is 0.416 e. The molecule has 0 spiro atoms. The summed E-state index contributed by atoms with van der Waals surface area (Å²) in [6, 6.07) is 4.79. The molecule has 0 atom stereocenters. The molecule has 0 radical (unpaired) electrons. The Morgan fingerprint density at radius 1 is 1.22 bits per heavy atom. The van der Waals surface area contributed by atoms with Crippen molar-refractivity contribution in [1.82, 2.24) is 10.3 Å². The van der Waals surface area contributed by atoms with Crippen LogP contribution in [0.5, 0.6) is 0 Å². The Morgan fingerprint density at radius 2 is 1.91 bits per heavy atom. The number of carbonyl (C=O) groups excluding carboxylic acids is 1. The highest BCUT2D eigenvalue weighted by atomic mass is 19.4. The average Bonchev–Trinajstić information content (AvgIpc) is 2.75. The Bertz CT molecular complexity index is 550. The van der Waals surface area contributed by atoms with E-state index in [1.54, 1.807) is 0 Å². The second-order valence-electron chi connectivity index (χ2n) is 5.61. The van der Waals surface area contributed by atoms with Gasteiger partial charge < -0.3 is 0 Å². The Balaban J connectivity index is 1.85. The van der Waals surface area contributed by atoms with Crippen LogP contribution in [0.15, 0.2) is 29.4 Å². The summed E-state index contributed by atoms with van der Waals surface area (Å²) < 4.78 is 37.8. The molecule has 1 saturated heterocycles. The molecule has 1 fully saturated rings. The van der Waals surface area contributed by atoms with Crippen LogP contribution >= 0.6 is 0 Å². The molecular formula is C16H20F3N3O. The first-order valence-electron chi connectivity index (χ1n) is 7.67. The van der Waals surface area contributed by atoms with E-state index in [0.717, 1.165) is 38.1 Å². The number of nitrogens with zero attached hydrogens (tertiary/aromatic N) is 2. The molecule has 1 N–H and O–H groups in total. The van der Waals surface area contributed by atoms with Gasteiger partial charge in [0.05, 0.1) is 18.3 Å². The van der Waals surface area contributed by atoms with Gasteiger partial charge in [0.15, 0.2) is 0 Å². The maximum atomic E-state index is 12.6. The van der Waals surface area contributed by atoms with Crippen LogP contribution < -0.4 is 5.43 Å². The molecule has 23 heavy (non-hydrogen) atoms. The van der Waals surface area contributed by atoms with Crippen LogP contribution in [-0.2, 0) is 11.0 Å². The van der Waals surface area contributed by atoms with Gasteiger partial charge in [-0.2, -0.15) is 18.3 Å². The average molecular weight is 327 g/mol. The van der Waals surface area contributed by atoms with E-state index < -0.39 is 11.7 Å². The van der Waals surface area contributed by atoms with Crippen LogP contribution in [0.3, 0.4) is 0 Å². The number of carbonyl (C=O) groups is 1. The third-order valence-electron chi connectivity index (χ3n) is 3.68. The van der Waals surface area contributed by atoms with Crippen molar-refractivity contribution in [2.24, 2.45) is 5.10 Å². The molecule has 7 heteroatoms. The van der Waals surface area contributed by atoms with Crippen LogP contribution in [0.25, 0.3) is 0 Å². The zero-order valence-corrected chi connectivity index (χ0v) is 12.8. The van der Waals surface area contributed by atoms with E-state index in [9.17, 15) is 18.0 Å². The first-order valence-corrected chi connectivity index (χ1v) is 7.67. The molecule has 0 aliphatic carbocycles. The van der Waals surface area contributed by atoms with Crippen molar-refractivity contribution < 1.29 is 18.0 Å². The molecule has 0 unspecified atom stereocenters. The number of benzene rings is 1. The molecule has 1 aromatic carbocycles. The summed E-state index contributed by atoms with van der Waals surface area (Å²) in [6.07, 6.45) is 1.37. The van der Waals surface area contributed by atoms with Gasteiger partial charge in [-0.3, -0.25) is 9.69 Å². The van der Waals surface area contributed by atoms with Gasteiger partial charge in [-0.05, 0) is 43.6 Å². The van der Waals surface area contributed by atoms with Gasteiger partial charge in [0.2, 0.25) is 0 Å². The van der Waals surface area contributed by atoms with E-state index in [0.29, 0.717) is 0 Å². The second kappa shape index (κ2) is 8.10. The molecular weight excluding hydrogens is 307 g/mol. The molecule has 0 saturated carbocycles. The lowest BCUT2D eigenvalue weighted by atomic mass is 10.1. The van der Waals surface area contributed by atoms with Gasteiger partial charge in [-0.25, -0.2) is 5.43 Å². The predicted octanol–water partition coefficient (Wildman–Crippen LogP) is 3.03. The number of likely N-dealkylation sites (tertiary alicyclic amines) is 1. The van der Waals surface area contributed by atoms with Crippen LogP contribution in [0.4, 0.5) is 13.2 Å². The minimum Gasteiger partial charge on any atom is -0.294 e. The molecule has 1 heterocycles. The quantitative estimate of drug-likeness (QED) is 0.682. The molecule has 126 valence electrons. The second-order valence-corrected chi connectivity index (χ2v) is 5.61. The van der Waals surface area contributed by atoms with Gasteiger partial charge in [-0.1, -0.05) is 25.0 Å². The summed E-state index contributed by atoms with van der Waals surface area (Å²) in [5.41, 5.74) is 1.91. The highest BCUT2D eigenvalue weighted by molar-refractivity contribution is 5.83. The summed E-state index contributed by atoms with van der Waals surface area (Å²) in [7, 11) is 0. The minimum absolute atomic E-state index is 0.255. The molecule has 0 aromatic heterocycles. The van der Waals surface area contributed by atoms with Gasteiger partial charge in [0, 0.05) is 0 Å². The summed E-state index contributed by atoms with van der Waals surface area (Å²) in [4.78, 5) is 13.9. The number of hydrogen-bond acceptors (Lipinski definition) is 3.